The van der Waals surface area contributed by atoms with Gasteiger partial charge in [-0.2, -0.15) is 0 Å². The minimum atomic E-state index is 0.167. The van der Waals surface area contributed by atoms with Gasteiger partial charge in [0.05, 0.1) is 0 Å². The summed E-state index contributed by atoms with van der Waals surface area (Å²) in [5.74, 6) is 0.167. The van der Waals surface area contributed by atoms with E-state index in [1.54, 1.807) is 0 Å². The maximum absolute atomic E-state index is 12.7. The summed E-state index contributed by atoms with van der Waals surface area (Å²) in [5, 5.41) is 0. The average Bonchev–Trinajstić information content (AvgIpc) is 2.72. The van der Waals surface area contributed by atoms with E-state index in [1.165, 1.54) is 0 Å². The van der Waals surface area contributed by atoms with Crippen molar-refractivity contribution in [2.45, 2.75) is 57.0 Å². The first-order valence-electron chi connectivity index (χ1n) is 6.66. The number of hydrogen-bond acceptors (Lipinski definition) is 2. The summed E-state index contributed by atoms with van der Waals surface area (Å²) in [5.41, 5.74) is 1.83. The zero-order chi connectivity index (χ0) is 13.3. The molecule has 18 heavy (non-hydrogen) atoms. The van der Waals surface area contributed by atoms with Gasteiger partial charge in [-0.25, -0.2) is 0 Å². The number of carbonyl (C=O) groups excluding carboxylic acids is 1. The van der Waals surface area contributed by atoms with Crippen molar-refractivity contribution in [1.82, 2.24) is 4.90 Å². The van der Waals surface area contributed by atoms with Gasteiger partial charge in [-0.05, 0) is 50.8 Å². The Labute approximate surface area is 115 Å². The predicted octanol–water partition coefficient (Wildman–Crippen LogP) is 3.69. The molecule has 1 saturated heterocycles. The molecule has 0 radical (unpaired) electrons. The first-order chi connectivity index (χ1) is 8.54. The number of aryl methyl sites for hydroxylation is 1. The van der Waals surface area contributed by atoms with Crippen LogP contribution in [0.5, 0.6) is 0 Å². The van der Waals surface area contributed by atoms with Gasteiger partial charge in [-0.15, -0.1) is 12.6 Å². The summed E-state index contributed by atoms with van der Waals surface area (Å²) in [4.78, 5) is 15.6. The molecule has 2 nitrogen and oxygen atoms in total. The van der Waals surface area contributed by atoms with Gasteiger partial charge >= 0.3 is 0 Å². The Morgan fingerprint density at radius 1 is 1.44 bits per heavy atom. The number of thiol groups is 1. The highest BCUT2D eigenvalue weighted by molar-refractivity contribution is 7.80. The molecule has 1 aromatic rings. The van der Waals surface area contributed by atoms with E-state index in [0.717, 1.165) is 35.3 Å². The first kappa shape index (κ1) is 13.5. The molecule has 1 aliphatic heterocycles. The minimum Gasteiger partial charge on any atom is -0.333 e. The zero-order valence-electron chi connectivity index (χ0n) is 11.3. The Hall–Kier alpha value is -0.960. The van der Waals surface area contributed by atoms with Crippen LogP contribution in [0.2, 0.25) is 0 Å². The fourth-order valence-electron chi connectivity index (χ4n) is 2.82. The van der Waals surface area contributed by atoms with Gasteiger partial charge in [0.25, 0.3) is 5.91 Å². The molecule has 0 aromatic heterocycles. The molecule has 2 rings (SSSR count). The molecule has 0 aliphatic carbocycles. The lowest BCUT2D eigenvalue weighted by Crippen LogP contribution is -2.40. The average molecular weight is 263 g/mol. The van der Waals surface area contributed by atoms with Crippen LogP contribution in [0, 0.1) is 6.92 Å². The molecule has 0 saturated carbocycles. The van der Waals surface area contributed by atoms with Crippen LogP contribution < -0.4 is 0 Å². The van der Waals surface area contributed by atoms with E-state index in [2.05, 4.69) is 31.4 Å². The van der Waals surface area contributed by atoms with Crippen LogP contribution in [-0.2, 0) is 0 Å². The lowest BCUT2D eigenvalue weighted by molar-refractivity contribution is 0.0675. The van der Waals surface area contributed by atoms with E-state index in [-0.39, 0.29) is 5.91 Å². The maximum atomic E-state index is 12.7. The van der Waals surface area contributed by atoms with Crippen LogP contribution in [0.25, 0.3) is 0 Å². The molecule has 1 heterocycles. The summed E-state index contributed by atoms with van der Waals surface area (Å²) in [6, 6.07) is 6.54. The molecule has 2 unspecified atom stereocenters. The highest BCUT2D eigenvalue weighted by Crippen LogP contribution is 2.29. The molecule has 0 spiro atoms. The summed E-state index contributed by atoms with van der Waals surface area (Å²) in [7, 11) is 0. The van der Waals surface area contributed by atoms with Crippen LogP contribution >= 0.6 is 12.6 Å². The molecule has 0 bridgehead atoms. The van der Waals surface area contributed by atoms with E-state index < -0.39 is 0 Å². The Kier molecular flexibility index (Phi) is 4.00. The number of hydrogen-bond donors (Lipinski definition) is 1. The molecule has 1 aromatic carbocycles. The third kappa shape index (κ3) is 2.41. The summed E-state index contributed by atoms with van der Waals surface area (Å²) in [6.07, 6.45) is 3.28. The van der Waals surface area contributed by atoms with Crippen molar-refractivity contribution in [3.05, 3.63) is 29.3 Å². The van der Waals surface area contributed by atoms with Crippen molar-refractivity contribution in [1.29, 1.82) is 0 Å². The van der Waals surface area contributed by atoms with Gasteiger partial charge in [0.2, 0.25) is 0 Å². The monoisotopic (exact) mass is 263 g/mol. The zero-order valence-corrected chi connectivity index (χ0v) is 12.2. The van der Waals surface area contributed by atoms with Gasteiger partial charge in [0.15, 0.2) is 0 Å². The van der Waals surface area contributed by atoms with Crippen molar-refractivity contribution in [3.8, 4) is 0 Å². The predicted molar refractivity (Wildman–Crippen MR) is 77.4 cm³/mol. The summed E-state index contributed by atoms with van der Waals surface area (Å²) in [6.45, 7) is 6.29. The molecule has 1 aliphatic rings. The third-order valence-corrected chi connectivity index (χ3v) is 4.22. The number of nitrogens with zero attached hydrogens (tertiary/aromatic N) is 1. The van der Waals surface area contributed by atoms with Crippen molar-refractivity contribution in [2.24, 2.45) is 0 Å². The van der Waals surface area contributed by atoms with Crippen molar-refractivity contribution >= 4 is 18.5 Å². The van der Waals surface area contributed by atoms with E-state index in [4.69, 9.17) is 0 Å². The summed E-state index contributed by atoms with van der Waals surface area (Å²) < 4.78 is 0. The van der Waals surface area contributed by atoms with Gasteiger partial charge in [-0.3, -0.25) is 4.79 Å². The third-order valence-electron chi connectivity index (χ3n) is 3.94. The fourth-order valence-corrected chi connectivity index (χ4v) is 3.02. The molecule has 1 amide bonds. The number of amides is 1. The molecule has 3 heteroatoms. The van der Waals surface area contributed by atoms with Gasteiger partial charge in [0, 0.05) is 22.5 Å². The van der Waals surface area contributed by atoms with E-state index in [9.17, 15) is 4.79 Å². The second-order valence-electron chi connectivity index (χ2n) is 5.20. The van der Waals surface area contributed by atoms with Gasteiger partial charge in [-0.1, -0.05) is 13.0 Å². The maximum Gasteiger partial charge on any atom is 0.254 e. The van der Waals surface area contributed by atoms with Crippen LogP contribution in [0.15, 0.2) is 23.1 Å². The van der Waals surface area contributed by atoms with E-state index in [0.29, 0.717) is 12.1 Å². The standard InChI is InChI=1S/C15H21NOS/c1-4-12-7-6-11(3)16(12)15(17)14-9-13(18)8-5-10(14)2/h5,8-9,11-12,18H,4,6-7H2,1-3H3. The topological polar surface area (TPSA) is 20.3 Å². The Morgan fingerprint density at radius 2 is 2.17 bits per heavy atom. The van der Waals surface area contributed by atoms with E-state index in [1.807, 2.05) is 25.1 Å². The second kappa shape index (κ2) is 5.35. The molecule has 1 fully saturated rings. The lowest BCUT2D eigenvalue weighted by atomic mass is 10.1. The lowest BCUT2D eigenvalue weighted by Gasteiger charge is -2.28. The smallest absolute Gasteiger partial charge is 0.254 e. The Balaban J connectivity index is 2.32. The quantitative estimate of drug-likeness (QED) is 0.807. The van der Waals surface area contributed by atoms with E-state index >= 15 is 0 Å². The highest BCUT2D eigenvalue weighted by Gasteiger charge is 2.34. The molecule has 98 valence electrons. The van der Waals surface area contributed by atoms with Crippen LogP contribution in [0.4, 0.5) is 0 Å². The van der Waals surface area contributed by atoms with Crippen LogP contribution in [0.1, 0.15) is 49.0 Å². The fraction of sp³-hybridized carbons (Fsp3) is 0.533. The van der Waals surface area contributed by atoms with Crippen LogP contribution in [0.3, 0.4) is 0 Å². The largest absolute Gasteiger partial charge is 0.333 e. The number of carbonyl (C=O) groups is 1. The normalized spacial score (nSPS) is 23.4. The highest BCUT2D eigenvalue weighted by atomic mass is 32.1. The second-order valence-corrected chi connectivity index (χ2v) is 5.72. The first-order valence-corrected chi connectivity index (χ1v) is 7.11. The minimum absolute atomic E-state index is 0.167. The number of rotatable bonds is 2. The van der Waals surface area contributed by atoms with Crippen molar-refractivity contribution in [2.75, 3.05) is 0 Å². The molecular weight excluding hydrogens is 242 g/mol. The Morgan fingerprint density at radius 3 is 2.83 bits per heavy atom. The van der Waals surface area contributed by atoms with Gasteiger partial charge in [0.1, 0.15) is 0 Å². The van der Waals surface area contributed by atoms with Crippen molar-refractivity contribution in [3.63, 3.8) is 0 Å². The van der Waals surface area contributed by atoms with Gasteiger partial charge < -0.3 is 4.90 Å². The molecular formula is C15H21NOS. The van der Waals surface area contributed by atoms with Crippen molar-refractivity contribution < 1.29 is 4.79 Å². The molecule has 0 N–H and O–H groups in total. The van der Waals surface area contributed by atoms with Crippen LogP contribution in [-0.4, -0.2) is 22.9 Å². The molecule has 2 atom stereocenters. The number of benzene rings is 1. The number of likely N-dealkylation sites (tertiary alicyclic amines) is 1. The Bertz CT molecular complexity index is 458. The SMILES string of the molecule is CCC1CCC(C)N1C(=O)c1cc(S)ccc1C. The summed E-state index contributed by atoms with van der Waals surface area (Å²) >= 11 is 4.34.